The average molecular weight is 510 g/mol. The van der Waals surface area contributed by atoms with E-state index in [1.807, 2.05) is 57.0 Å². The number of carbonyl (C=O) groups is 2. The molecule has 5 rings (SSSR count). The number of nitrogens with zero attached hydrogens (tertiary/aromatic N) is 6. The van der Waals surface area contributed by atoms with Gasteiger partial charge in [-0.3, -0.25) is 9.89 Å². The summed E-state index contributed by atoms with van der Waals surface area (Å²) in [4.78, 5) is 34.9. The van der Waals surface area contributed by atoms with Gasteiger partial charge in [-0.05, 0) is 52.7 Å². The van der Waals surface area contributed by atoms with E-state index in [4.69, 9.17) is 9.72 Å². The number of rotatable bonds is 5. The summed E-state index contributed by atoms with van der Waals surface area (Å²) in [5.41, 5.74) is 0.271. The first-order chi connectivity index (χ1) is 17.6. The van der Waals surface area contributed by atoms with Crippen molar-refractivity contribution >= 4 is 35.1 Å². The predicted molar refractivity (Wildman–Crippen MR) is 139 cm³/mol. The van der Waals surface area contributed by atoms with Gasteiger partial charge in [0.2, 0.25) is 11.9 Å². The number of aryl methyl sites for hydroxylation is 1. The minimum absolute atomic E-state index is 0.0338. The van der Waals surface area contributed by atoms with Gasteiger partial charge >= 0.3 is 6.09 Å². The number of hydrogen-bond acceptors (Lipinski definition) is 8. The van der Waals surface area contributed by atoms with Gasteiger partial charge in [-0.2, -0.15) is 10.1 Å². The molecule has 2 fully saturated rings. The van der Waals surface area contributed by atoms with Crippen LogP contribution in [0.25, 0.3) is 5.52 Å². The van der Waals surface area contributed by atoms with Crippen molar-refractivity contribution in [2.24, 2.45) is 0 Å². The predicted octanol–water partition coefficient (Wildman–Crippen LogP) is 2.99. The fourth-order valence-electron chi connectivity index (χ4n) is 5.03. The molecule has 0 radical (unpaired) electrons. The van der Waals surface area contributed by atoms with Gasteiger partial charge in [-0.25, -0.2) is 9.31 Å². The zero-order valence-electron chi connectivity index (χ0n) is 21.9. The average Bonchev–Trinajstić information content (AvgIpc) is 3.59. The molecule has 3 aromatic rings. The minimum Gasteiger partial charge on any atom is -0.444 e. The van der Waals surface area contributed by atoms with E-state index in [-0.39, 0.29) is 5.91 Å². The van der Waals surface area contributed by atoms with Gasteiger partial charge in [-0.15, -0.1) is 5.10 Å². The maximum absolute atomic E-state index is 13.6. The molecule has 1 saturated carbocycles. The van der Waals surface area contributed by atoms with Crippen LogP contribution in [0.3, 0.4) is 0 Å². The number of fused-ring (bicyclic) bond motifs is 1. The molecule has 12 heteroatoms. The van der Waals surface area contributed by atoms with E-state index < -0.39 is 17.2 Å². The van der Waals surface area contributed by atoms with Gasteiger partial charge in [0.1, 0.15) is 16.7 Å². The third kappa shape index (κ3) is 5.32. The molecule has 4 heterocycles. The summed E-state index contributed by atoms with van der Waals surface area (Å²) in [5, 5.41) is 18.1. The van der Waals surface area contributed by atoms with Crippen LogP contribution < -0.4 is 15.5 Å². The molecule has 1 aliphatic carbocycles. The number of amides is 2. The van der Waals surface area contributed by atoms with Crippen LogP contribution in [0.15, 0.2) is 24.4 Å². The van der Waals surface area contributed by atoms with Crippen molar-refractivity contribution in [1.29, 1.82) is 0 Å². The maximum atomic E-state index is 13.6. The Bertz CT molecular complexity index is 1280. The Morgan fingerprint density at radius 3 is 2.51 bits per heavy atom. The molecule has 0 atom stereocenters. The number of nitrogens with one attached hydrogen (secondary N) is 3. The minimum atomic E-state index is -0.899. The second-order valence-electron chi connectivity index (χ2n) is 10.9. The number of aromatic amines is 1. The fourth-order valence-corrected chi connectivity index (χ4v) is 5.03. The highest BCUT2D eigenvalue weighted by atomic mass is 16.6. The summed E-state index contributed by atoms with van der Waals surface area (Å²) in [7, 11) is 0. The molecule has 198 valence electrons. The zero-order chi connectivity index (χ0) is 26.2. The largest absolute Gasteiger partial charge is 0.444 e. The molecule has 1 aliphatic heterocycles. The van der Waals surface area contributed by atoms with Gasteiger partial charge in [0.15, 0.2) is 11.6 Å². The molecule has 12 nitrogen and oxygen atoms in total. The molecule has 0 unspecified atom stereocenters. The van der Waals surface area contributed by atoms with Crippen molar-refractivity contribution in [1.82, 2.24) is 35.0 Å². The zero-order valence-corrected chi connectivity index (χ0v) is 21.9. The smallest absolute Gasteiger partial charge is 0.408 e. The van der Waals surface area contributed by atoms with Crippen LogP contribution in [0, 0.1) is 6.92 Å². The summed E-state index contributed by atoms with van der Waals surface area (Å²) in [6.45, 7) is 9.60. The summed E-state index contributed by atoms with van der Waals surface area (Å²) < 4.78 is 7.25. The maximum Gasteiger partial charge on any atom is 0.408 e. The van der Waals surface area contributed by atoms with E-state index in [0.717, 1.165) is 24.1 Å². The monoisotopic (exact) mass is 509 g/mol. The highest BCUT2D eigenvalue weighted by molar-refractivity contribution is 5.90. The lowest BCUT2D eigenvalue weighted by molar-refractivity contribution is -0.138. The number of alkyl carbamates (subject to hydrolysis) is 1. The highest BCUT2D eigenvalue weighted by Gasteiger charge is 2.46. The first-order valence-electron chi connectivity index (χ1n) is 12.8. The lowest BCUT2D eigenvalue weighted by Crippen LogP contribution is -2.62. The third-order valence-electron chi connectivity index (χ3n) is 6.79. The number of piperazine rings is 1. The first kappa shape index (κ1) is 24.8. The third-order valence-corrected chi connectivity index (χ3v) is 6.79. The second kappa shape index (κ2) is 9.56. The Labute approximate surface area is 215 Å². The van der Waals surface area contributed by atoms with Crippen LogP contribution in [0.4, 0.5) is 22.4 Å². The molecule has 2 aliphatic rings. The van der Waals surface area contributed by atoms with E-state index in [0.29, 0.717) is 56.6 Å². The second-order valence-corrected chi connectivity index (χ2v) is 10.9. The molecule has 3 N–H and O–H groups in total. The molecule has 37 heavy (non-hydrogen) atoms. The first-order valence-corrected chi connectivity index (χ1v) is 12.8. The topological polar surface area (TPSA) is 133 Å². The highest BCUT2D eigenvalue weighted by Crippen LogP contribution is 2.33. The van der Waals surface area contributed by atoms with Crippen LogP contribution in [0.1, 0.15) is 52.1 Å². The number of ether oxygens (including phenoxy) is 1. The number of carbonyl (C=O) groups excluding carboxylic acids is 2. The standard InChI is InChI=1S/C25H35N9O3/c1-17-16-19(30-29-17)26-20-18-8-7-11-34(18)31-22(27-20)33-14-12-32(13-15-33)21(35)25(9-5-6-10-25)28-23(36)37-24(2,3)4/h7-8,11,16H,5-6,9-10,12-15H2,1-4H3,(H,28,36)(H2,26,27,29,30,31). The lowest BCUT2D eigenvalue weighted by atomic mass is 9.95. The quantitative estimate of drug-likeness (QED) is 0.478. The molecular weight excluding hydrogens is 474 g/mol. The van der Waals surface area contributed by atoms with Crippen LogP contribution in [-0.4, -0.2) is 79.0 Å². The van der Waals surface area contributed by atoms with Crippen molar-refractivity contribution in [3.63, 3.8) is 0 Å². The Morgan fingerprint density at radius 2 is 1.86 bits per heavy atom. The summed E-state index contributed by atoms with van der Waals surface area (Å²) >= 11 is 0. The molecule has 2 amide bonds. The molecule has 0 aromatic carbocycles. The van der Waals surface area contributed by atoms with Gasteiger partial charge < -0.3 is 25.2 Å². The summed E-state index contributed by atoms with van der Waals surface area (Å²) in [5.74, 6) is 1.88. The SMILES string of the molecule is Cc1cc(Nc2nc(N3CCN(C(=O)C4(NC(=O)OC(C)(C)C)CCCC4)CC3)nn3cccc23)n[nH]1. The van der Waals surface area contributed by atoms with Crippen molar-refractivity contribution in [3.05, 3.63) is 30.1 Å². The van der Waals surface area contributed by atoms with Gasteiger partial charge in [0, 0.05) is 44.1 Å². The van der Waals surface area contributed by atoms with Crippen LogP contribution >= 0.6 is 0 Å². The van der Waals surface area contributed by atoms with Crippen LogP contribution in [0.5, 0.6) is 0 Å². The van der Waals surface area contributed by atoms with Gasteiger partial charge in [0.05, 0.1) is 0 Å². The normalized spacial score (nSPS) is 17.7. The van der Waals surface area contributed by atoms with Gasteiger partial charge in [-0.1, -0.05) is 12.8 Å². The van der Waals surface area contributed by atoms with Gasteiger partial charge in [0.25, 0.3) is 0 Å². The van der Waals surface area contributed by atoms with Crippen molar-refractivity contribution in [2.45, 2.75) is 64.5 Å². The summed E-state index contributed by atoms with van der Waals surface area (Å²) in [6, 6.07) is 5.78. The Hall–Kier alpha value is -3.83. The van der Waals surface area contributed by atoms with Crippen LogP contribution in [-0.2, 0) is 9.53 Å². The number of H-pyrrole nitrogens is 1. The fraction of sp³-hybridized carbons (Fsp3) is 0.560. The molecule has 0 spiro atoms. The van der Waals surface area contributed by atoms with Crippen molar-refractivity contribution in [2.75, 3.05) is 36.4 Å². The number of anilines is 3. The molecular formula is C25H35N9O3. The Morgan fingerprint density at radius 1 is 1.14 bits per heavy atom. The Balaban J connectivity index is 1.28. The number of aromatic nitrogens is 5. The summed E-state index contributed by atoms with van der Waals surface area (Å²) in [6.07, 6.45) is 4.39. The van der Waals surface area contributed by atoms with E-state index in [2.05, 4.69) is 30.8 Å². The molecule has 0 bridgehead atoms. The number of hydrogen-bond donors (Lipinski definition) is 3. The van der Waals surface area contributed by atoms with E-state index in [9.17, 15) is 9.59 Å². The van der Waals surface area contributed by atoms with E-state index >= 15 is 0 Å². The van der Waals surface area contributed by atoms with Crippen molar-refractivity contribution in [3.8, 4) is 0 Å². The lowest BCUT2D eigenvalue weighted by Gasteiger charge is -2.40. The van der Waals surface area contributed by atoms with E-state index in [1.165, 1.54) is 0 Å². The molecule has 1 saturated heterocycles. The van der Waals surface area contributed by atoms with Crippen molar-refractivity contribution < 1.29 is 14.3 Å². The molecule has 3 aromatic heterocycles. The van der Waals surface area contributed by atoms with Crippen LogP contribution in [0.2, 0.25) is 0 Å². The Kier molecular flexibility index (Phi) is 6.42. The van der Waals surface area contributed by atoms with E-state index in [1.54, 1.807) is 4.52 Å².